The summed E-state index contributed by atoms with van der Waals surface area (Å²) >= 11 is 3.93. The molecule has 0 amide bonds. The monoisotopic (exact) mass is 547 g/mol. The lowest BCUT2D eigenvalue weighted by Crippen LogP contribution is -2.16. The molecule has 3 aromatic rings. The van der Waals surface area contributed by atoms with E-state index in [-0.39, 0.29) is 25.5 Å². The highest BCUT2D eigenvalue weighted by molar-refractivity contribution is 9.10. The fourth-order valence-corrected chi connectivity index (χ4v) is 6.14. The van der Waals surface area contributed by atoms with Crippen LogP contribution in [-0.4, -0.2) is 36.2 Å². The van der Waals surface area contributed by atoms with Crippen molar-refractivity contribution in [2.75, 3.05) is 18.1 Å². The predicted molar refractivity (Wildman–Crippen MR) is 119 cm³/mol. The first kappa shape index (κ1) is 23.4. The van der Waals surface area contributed by atoms with Crippen LogP contribution in [0.15, 0.2) is 62.8 Å². The molecule has 1 aromatic heterocycles. The highest BCUT2D eigenvalue weighted by atomic mass is 79.9. The number of hydrogen-bond donors (Lipinski definition) is 1. The quantitative estimate of drug-likeness (QED) is 0.461. The van der Waals surface area contributed by atoms with Crippen molar-refractivity contribution in [3.8, 4) is 10.4 Å². The SMILES string of the molecule is COC(=O)c1ccc(Br)c(S(=O)(=O)Nc2cc(S(C)(=O)=O)ccc2-c2ccc(F)s2)c1. The molecule has 1 N–H and O–H groups in total. The predicted octanol–water partition coefficient (Wildman–Crippen LogP) is 4.31. The number of thiophene rings is 1. The molecule has 0 aliphatic heterocycles. The number of sulfone groups is 1. The average molecular weight is 548 g/mol. The van der Waals surface area contributed by atoms with Crippen LogP contribution in [0.2, 0.25) is 0 Å². The molecule has 31 heavy (non-hydrogen) atoms. The minimum atomic E-state index is -4.28. The van der Waals surface area contributed by atoms with Gasteiger partial charge in [-0.05, 0) is 58.4 Å². The van der Waals surface area contributed by atoms with Gasteiger partial charge in [-0.2, -0.15) is 4.39 Å². The summed E-state index contributed by atoms with van der Waals surface area (Å²) in [7, 11) is -6.76. The molecule has 0 saturated carbocycles. The largest absolute Gasteiger partial charge is 0.465 e. The number of ether oxygens (including phenoxy) is 1. The van der Waals surface area contributed by atoms with Crippen molar-refractivity contribution >= 4 is 58.8 Å². The second kappa shape index (κ2) is 8.69. The first-order valence-corrected chi connectivity index (χ1v) is 13.4. The Kier molecular flexibility index (Phi) is 6.56. The number of halogens is 2. The van der Waals surface area contributed by atoms with Crippen molar-refractivity contribution in [3.63, 3.8) is 0 Å². The normalized spacial score (nSPS) is 11.9. The number of esters is 1. The number of carbonyl (C=O) groups excluding carboxylic acids is 1. The fraction of sp³-hybridized carbons (Fsp3) is 0.105. The summed E-state index contributed by atoms with van der Waals surface area (Å²) in [4.78, 5) is 11.8. The van der Waals surface area contributed by atoms with E-state index in [9.17, 15) is 26.0 Å². The molecule has 0 aliphatic carbocycles. The van der Waals surface area contributed by atoms with Crippen LogP contribution in [0.25, 0.3) is 10.4 Å². The molecule has 0 bridgehead atoms. The maximum atomic E-state index is 13.6. The molecule has 0 aliphatic rings. The maximum absolute atomic E-state index is 13.6. The van der Waals surface area contributed by atoms with Gasteiger partial charge in [0.2, 0.25) is 0 Å². The van der Waals surface area contributed by atoms with E-state index in [1.807, 2.05) is 0 Å². The number of hydrogen-bond acceptors (Lipinski definition) is 7. The molecule has 0 spiro atoms. The molecular formula is C19H15BrFNO6S3. The fourth-order valence-electron chi connectivity index (χ4n) is 2.67. The van der Waals surface area contributed by atoms with Gasteiger partial charge in [0.05, 0.1) is 23.3 Å². The van der Waals surface area contributed by atoms with Crippen molar-refractivity contribution < 1.29 is 30.8 Å². The van der Waals surface area contributed by atoms with Gasteiger partial charge in [0, 0.05) is 21.2 Å². The van der Waals surface area contributed by atoms with Gasteiger partial charge < -0.3 is 4.74 Å². The third-order valence-corrected chi connectivity index (χ3v) is 8.52. The topological polar surface area (TPSA) is 107 Å². The van der Waals surface area contributed by atoms with E-state index >= 15 is 0 Å². The Labute approximate surface area is 191 Å². The van der Waals surface area contributed by atoms with Crippen molar-refractivity contribution in [2.45, 2.75) is 9.79 Å². The van der Waals surface area contributed by atoms with Crippen LogP contribution in [0.3, 0.4) is 0 Å². The zero-order valence-corrected chi connectivity index (χ0v) is 20.1. The minimum absolute atomic E-state index is 0.0107. The number of rotatable bonds is 6. The molecule has 164 valence electrons. The van der Waals surface area contributed by atoms with E-state index in [0.717, 1.165) is 29.7 Å². The molecule has 0 radical (unpaired) electrons. The molecule has 2 aromatic carbocycles. The van der Waals surface area contributed by atoms with Gasteiger partial charge >= 0.3 is 5.97 Å². The smallest absolute Gasteiger partial charge is 0.337 e. The highest BCUT2D eigenvalue weighted by Gasteiger charge is 2.23. The van der Waals surface area contributed by atoms with Gasteiger partial charge in [0.25, 0.3) is 10.0 Å². The summed E-state index contributed by atoms with van der Waals surface area (Å²) in [5.74, 6) is -0.724. The zero-order chi connectivity index (χ0) is 23.0. The third-order valence-electron chi connectivity index (χ3n) is 4.14. The minimum Gasteiger partial charge on any atom is -0.465 e. The van der Waals surface area contributed by atoms with Crippen LogP contribution in [0.1, 0.15) is 10.4 Å². The first-order valence-electron chi connectivity index (χ1n) is 8.43. The van der Waals surface area contributed by atoms with Gasteiger partial charge in [-0.3, -0.25) is 4.72 Å². The van der Waals surface area contributed by atoms with E-state index in [1.54, 1.807) is 0 Å². The van der Waals surface area contributed by atoms with E-state index in [2.05, 4.69) is 25.4 Å². The Morgan fingerprint density at radius 3 is 2.35 bits per heavy atom. The second-order valence-corrected chi connectivity index (χ2v) is 11.9. The number of benzene rings is 2. The van der Waals surface area contributed by atoms with Gasteiger partial charge in [-0.25, -0.2) is 21.6 Å². The van der Waals surface area contributed by atoms with Gasteiger partial charge in [-0.15, -0.1) is 11.3 Å². The van der Waals surface area contributed by atoms with Gasteiger partial charge in [0.1, 0.15) is 4.90 Å². The molecular weight excluding hydrogens is 533 g/mol. The maximum Gasteiger partial charge on any atom is 0.337 e. The summed E-state index contributed by atoms with van der Waals surface area (Å²) in [6, 6.07) is 10.5. The van der Waals surface area contributed by atoms with Crippen LogP contribution in [0.4, 0.5) is 10.1 Å². The summed E-state index contributed by atoms with van der Waals surface area (Å²) < 4.78 is 70.9. The molecule has 0 unspecified atom stereocenters. The van der Waals surface area contributed by atoms with Crippen molar-refractivity contribution in [3.05, 3.63) is 63.7 Å². The lowest BCUT2D eigenvalue weighted by molar-refractivity contribution is 0.0600. The molecule has 12 heteroatoms. The Morgan fingerprint density at radius 2 is 1.77 bits per heavy atom. The highest BCUT2D eigenvalue weighted by Crippen LogP contribution is 2.36. The van der Waals surface area contributed by atoms with E-state index in [0.29, 0.717) is 10.4 Å². The van der Waals surface area contributed by atoms with Crippen molar-refractivity contribution in [2.24, 2.45) is 0 Å². The Morgan fingerprint density at radius 1 is 1.06 bits per heavy atom. The second-order valence-electron chi connectivity index (χ2n) is 6.33. The molecule has 0 saturated heterocycles. The standard InChI is InChI=1S/C19H15BrFNO6S3/c1-28-19(23)11-3-6-14(20)17(9-11)31(26,27)22-15-10-12(30(2,24)25)4-5-13(15)16-7-8-18(21)29-16/h3-10,22H,1-2H3. The van der Waals surface area contributed by atoms with E-state index < -0.39 is 31.0 Å². The number of methoxy groups -OCH3 is 1. The van der Waals surface area contributed by atoms with Crippen LogP contribution in [0, 0.1) is 5.13 Å². The van der Waals surface area contributed by atoms with Crippen molar-refractivity contribution in [1.29, 1.82) is 0 Å². The van der Waals surface area contributed by atoms with Crippen molar-refractivity contribution in [1.82, 2.24) is 0 Å². The Balaban J connectivity index is 2.15. The average Bonchev–Trinajstić information content (AvgIpc) is 3.12. The van der Waals surface area contributed by atoms with Crippen LogP contribution in [-0.2, 0) is 24.6 Å². The van der Waals surface area contributed by atoms with E-state index in [4.69, 9.17) is 0 Å². The van der Waals surface area contributed by atoms with Gasteiger partial charge in [-0.1, -0.05) is 6.07 Å². The van der Waals surface area contributed by atoms with Gasteiger partial charge in [0.15, 0.2) is 15.0 Å². The molecule has 0 atom stereocenters. The molecule has 7 nitrogen and oxygen atoms in total. The summed E-state index contributed by atoms with van der Waals surface area (Å²) in [6.07, 6.45) is 0.988. The number of sulfonamides is 1. The lowest BCUT2D eigenvalue weighted by atomic mass is 10.1. The zero-order valence-electron chi connectivity index (χ0n) is 16.0. The first-order chi connectivity index (χ1) is 14.4. The Bertz CT molecular complexity index is 1380. The van der Waals surface area contributed by atoms with E-state index in [1.165, 1.54) is 43.5 Å². The summed E-state index contributed by atoms with van der Waals surface area (Å²) in [5, 5.41) is -0.482. The summed E-state index contributed by atoms with van der Waals surface area (Å²) in [5.41, 5.74) is 0.252. The van der Waals surface area contributed by atoms with Crippen LogP contribution < -0.4 is 4.72 Å². The molecule has 1 heterocycles. The number of anilines is 1. The molecule has 0 fully saturated rings. The van der Waals surface area contributed by atoms with Crippen LogP contribution >= 0.6 is 27.3 Å². The Hall–Kier alpha value is -2.28. The lowest BCUT2D eigenvalue weighted by Gasteiger charge is -2.15. The summed E-state index contributed by atoms with van der Waals surface area (Å²) in [6.45, 7) is 0. The number of carbonyl (C=O) groups is 1. The third kappa shape index (κ3) is 5.14. The number of nitrogens with one attached hydrogen (secondary N) is 1. The molecule has 3 rings (SSSR count). The van der Waals surface area contributed by atoms with Crippen LogP contribution in [0.5, 0.6) is 0 Å².